The number of hydrogen-bond acceptors (Lipinski definition) is 2. The number of rotatable bonds is 4. The number of carbonyl (C=O) groups is 1. The largest absolute Gasteiger partial charge is 0.478 e. The number of para-hydroxylation sites is 1. The Labute approximate surface area is 114 Å². The van der Waals surface area contributed by atoms with Crippen LogP contribution in [0.1, 0.15) is 15.9 Å². The molecular weight excluding hydrogens is 294 g/mol. The summed E-state index contributed by atoms with van der Waals surface area (Å²) in [6.07, 6.45) is 0. The van der Waals surface area contributed by atoms with Crippen LogP contribution in [0.2, 0.25) is 0 Å². The smallest absolute Gasteiger partial charge is 0.335 e. The SMILES string of the molecule is O=C(O)c1ccc(CNc2ccccc2Br)cc1. The first-order valence-corrected chi connectivity index (χ1v) is 6.27. The van der Waals surface area contributed by atoms with Gasteiger partial charge in [-0.25, -0.2) is 4.79 Å². The molecule has 2 aromatic carbocycles. The van der Waals surface area contributed by atoms with Crippen molar-refractivity contribution in [1.82, 2.24) is 0 Å². The Balaban J connectivity index is 2.02. The van der Waals surface area contributed by atoms with Crippen LogP contribution < -0.4 is 5.32 Å². The van der Waals surface area contributed by atoms with E-state index in [-0.39, 0.29) is 0 Å². The predicted molar refractivity (Wildman–Crippen MR) is 74.9 cm³/mol. The third-order valence-corrected chi connectivity index (χ3v) is 3.25. The average molecular weight is 306 g/mol. The van der Waals surface area contributed by atoms with E-state index in [9.17, 15) is 4.79 Å². The topological polar surface area (TPSA) is 49.3 Å². The molecule has 0 aromatic heterocycles. The minimum atomic E-state index is -0.902. The molecule has 3 nitrogen and oxygen atoms in total. The highest BCUT2D eigenvalue weighted by molar-refractivity contribution is 9.10. The Hall–Kier alpha value is -1.81. The maximum absolute atomic E-state index is 10.7. The Morgan fingerprint density at radius 3 is 2.39 bits per heavy atom. The van der Waals surface area contributed by atoms with E-state index in [0.29, 0.717) is 12.1 Å². The summed E-state index contributed by atoms with van der Waals surface area (Å²) in [5, 5.41) is 12.1. The first-order chi connectivity index (χ1) is 8.66. The summed E-state index contributed by atoms with van der Waals surface area (Å²) in [5.41, 5.74) is 2.36. The van der Waals surface area contributed by atoms with Crippen LogP contribution in [0.25, 0.3) is 0 Å². The summed E-state index contributed by atoms with van der Waals surface area (Å²) >= 11 is 3.46. The van der Waals surface area contributed by atoms with Gasteiger partial charge in [0.1, 0.15) is 0 Å². The molecule has 92 valence electrons. The van der Waals surface area contributed by atoms with Crippen molar-refractivity contribution < 1.29 is 9.90 Å². The van der Waals surface area contributed by atoms with Gasteiger partial charge in [0.2, 0.25) is 0 Å². The zero-order valence-electron chi connectivity index (χ0n) is 9.56. The van der Waals surface area contributed by atoms with Crippen molar-refractivity contribution >= 4 is 27.6 Å². The summed E-state index contributed by atoms with van der Waals surface area (Å²) < 4.78 is 1.01. The van der Waals surface area contributed by atoms with Crippen LogP contribution in [0.5, 0.6) is 0 Å². The summed E-state index contributed by atoms with van der Waals surface area (Å²) in [5.74, 6) is -0.902. The Morgan fingerprint density at radius 1 is 1.11 bits per heavy atom. The van der Waals surface area contributed by atoms with Crippen molar-refractivity contribution in [3.05, 3.63) is 64.1 Å². The van der Waals surface area contributed by atoms with Crippen LogP contribution >= 0.6 is 15.9 Å². The lowest BCUT2D eigenvalue weighted by atomic mass is 10.1. The number of anilines is 1. The molecule has 0 unspecified atom stereocenters. The highest BCUT2D eigenvalue weighted by atomic mass is 79.9. The quantitative estimate of drug-likeness (QED) is 0.904. The van der Waals surface area contributed by atoms with Crippen LogP contribution in [0.4, 0.5) is 5.69 Å². The standard InChI is InChI=1S/C14H12BrNO2/c15-12-3-1-2-4-13(12)16-9-10-5-7-11(8-6-10)14(17)18/h1-8,16H,9H2,(H,17,18). The predicted octanol–water partition coefficient (Wildman–Crippen LogP) is 3.76. The van der Waals surface area contributed by atoms with Gasteiger partial charge in [-0.3, -0.25) is 0 Å². The number of nitrogens with one attached hydrogen (secondary N) is 1. The molecule has 0 amide bonds. The van der Waals surface area contributed by atoms with Gasteiger partial charge in [-0.05, 0) is 45.8 Å². The molecule has 2 rings (SSSR count). The minimum Gasteiger partial charge on any atom is -0.478 e. The van der Waals surface area contributed by atoms with Gasteiger partial charge >= 0.3 is 5.97 Å². The fraction of sp³-hybridized carbons (Fsp3) is 0.0714. The van der Waals surface area contributed by atoms with E-state index < -0.39 is 5.97 Å². The van der Waals surface area contributed by atoms with E-state index in [1.54, 1.807) is 12.1 Å². The van der Waals surface area contributed by atoms with Gasteiger partial charge in [0.15, 0.2) is 0 Å². The highest BCUT2D eigenvalue weighted by Crippen LogP contribution is 2.21. The molecule has 0 saturated heterocycles. The van der Waals surface area contributed by atoms with Crippen LogP contribution in [0.15, 0.2) is 53.0 Å². The zero-order chi connectivity index (χ0) is 13.0. The molecular formula is C14H12BrNO2. The number of carboxylic acids is 1. The second kappa shape index (κ2) is 5.69. The maximum Gasteiger partial charge on any atom is 0.335 e. The van der Waals surface area contributed by atoms with Gasteiger partial charge < -0.3 is 10.4 Å². The van der Waals surface area contributed by atoms with E-state index in [0.717, 1.165) is 15.7 Å². The first kappa shape index (κ1) is 12.6. The molecule has 2 aromatic rings. The number of benzene rings is 2. The van der Waals surface area contributed by atoms with E-state index >= 15 is 0 Å². The summed E-state index contributed by atoms with van der Waals surface area (Å²) in [6, 6.07) is 14.7. The summed E-state index contributed by atoms with van der Waals surface area (Å²) in [7, 11) is 0. The molecule has 0 radical (unpaired) electrons. The number of halogens is 1. The molecule has 4 heteroatoms. The second-order valence-corrected chi connectivity index (χ2v) is 4.69. The maximum atomic E-state index is 10.7. The van der Waals surface area contributed by atoms with Crippen LogP contribution in [-0.4, -0.2) is 11.1 Å². The molecule has 0 heterocycles. The second-order valence-electron chi connectivity index (χ2n) is 3.84. The molecule has 0 spiro atoms. The van der Waals surface area contributed by atoms with E-state index in [2.05, 4.69) is 21.2 Å². The normalized spacial score (nSPS) is 10.1. The third kappa shape index (κ3) is 3.11. The van der Waals surface area contributed by atoms with Gasteiger partial charge in [0.25, 0.3) is 0 Å². The molecule has 0 aliphatic carbocycles. The molecule has 0 aliphatic rings. The molecule has 0 aliphatic heterocycles. The van der Waals surface area contributed by atoms with Crippen LogP contribution in [0.3, 0.4) is 0 Å². The average Bonchev–Trinajstić information content (AvgIpc) is 2.38. The van der Waals surface area contributed by atoms with Crippen molar-refractivity contribution in [2.45, 2.75) is 6.54 Å². The Kier molecular flexibility index (Phi) is 3.99. The van der Waals surface area contributed by atoms with Gasteiger partial charge in [0, 0.05) is 16.7 Å². The monoisotopic (exact) mass is 305 g/mol. The number of carboxylic acid groups (broad SMARTS) is 1. The van der Waals surface area contributed by atoms with Crippen molar-refractivity contribution in [3.63, 3.8) is 0 Å². The fourth-order valence-corrected chi connectivity index (χ4v) is 1.99. The molecule has 0 saturated carbocycles. The van der Waals surface area contributed by atoms with Crippen LogP contribution in [0, 0.1) is 0 Å². The molecule has 18 heavy (non-hydrogen) atoms. The lowest BCUT2D eigenvalue weighted by Gasteiger charge is -2.08. The van der Waals surface area contributed by atoms with Gasteiger partial charge in [-0.2, -0.15) is 0 Å². The van der Waals surface area contributed by atoms with Crippen molar-refractivity contribution in [1.29, 1.82) is 0 Å². The first-order valence-electron chi connectivity index (χ1n) is 5.47. The minimum absolute atomic E-state index is 0.305. The molecule has 0 bridgehead atoms. The zero-order valence-corrected chi connectivity index (χ0v) is 11.1. The third-order valence-electron chi connectivity index (χ3n) is 2.56. The van der Waals surface area contributed by atoms with Crippen LogP contribution in [-0.2, 0) is 6.54 Å². The summed E-state index contributed by atoms with van der Waals surface area (Å²) in [4.78, 5) is 10.7. The van der Waals surface area contributed by atoms with Gasteiger partial charge in [0.05, 0.1) is 5.56 Å². The van der Waals surface area contributed by atoms with Gasteiger partial charge in [-0.15, -0.1) is 0 Å². The van der Waals surface area contributed by atoms with Gasteiger partial charge in [-0.1, -0.05) is 24.3 Å². The van der Waals surface area contributed by atoms with E-state index in [1.165, 1.54) is 0 Å². The lowest BCUT2D eigenvalue weighted by molar-refractivity contribution is 0.0697. The molecule has 0 atom stereocenters. The Morgan fingerprint density at radius 2 is 1.78 bits per heavy atom. The lowest BCUT2D eigenvalue weighted by Crippen LogP contribution is -2.01. The van der Waals surface area contributed by atoms with E-state index in [1.807, 2.05) is 36.4 Å². The number of hydrogen-bond donors (Lipinski definition) is 2. The van der Waals surface area contributed by atoms with Crippen molar-refractivity contribution in [3.8, 4) is 0 Å². The molecule has 0 fully saturated rings. The van der Waals surface area contributed by atoms with E-state index in [4.69, 9.17) is 5.11 Å². The molecule has 2 N–H and O–H groups in total. The number of aromatic carboxylic acids is 1. The van der Waals surface area contributed by atoms with Crippen molar-refractivity contribution in [2.24, 2.45) is 0 Å². The Bertz CT molecular complexity index is 552. The fourth-order valence-electron chi connectivity index (χ4n) is 1.57. The highest BCUT2D eigenvalue weighted by Gasteiger charge is 2.02. The van der Waals surface area contributed by atoms with Crippen molar-refractivity contribution in [2.75, 3.05) is 5.32 Å². The summed E-state index contributed by atoms with van der Waals surface area (Å²) in [6.45, 7) is 0.655.